The average Bonchev–Trinajstić information content (AvgIpc) is 2.37. The third-order valence-electron chi connectivity index (χ3n) is 2.71. The number of benzene rings is 1. The maximum Gasteiger partial charge on any atom is 0.133 e. The molecule has 3 nitrogen and oxygen atoms in total. The van der Waals surface area contributed by atoms with E-state index in [0.717, 1.165) is 5.56 Å². The van der Waals surface area contributed by atoms with Gasteiger partial charge < -0.3 is 9.84 Å². The Hall–Kier alpha value is -1.94. The highest BCUT2D eigenvalue weighted by Crippen LogP contribution is 2.26. The van der Waals surface area contributed by atoms with Crippen LogP contribution in [0.3, 0.4) is 0 Å². The predicted octanol–water partition coefficient (Wildman–Crippen LogP) is 2.62. The van der Waals surface area contributed by atoms with Gasteiger partial charge in [0.15, 0.2) is 0 Å². The van der Waals surface area contributed by atoms with Crippen molar-refractivity contribution in [2.75, 3.05) is 7.11 Å². The molecule has 2 rings (SSSR count). The van der Waals surface area contributed by atoms with E-state index in [1.165, 1.54) is 25.4 Å². The fraction of sp³-hybridized carbons (Fsp3) is 0.214. The Labute approximate surface area is 105 Å². The molecular formula is C14H14FNO2. The van der Waals surface area contributed by atoms with E-state index in [-0.39, 0.29) is 5.56 Å². The first-order valence-corrected chi connectivity index (χ1v) is 5.55. The molecule has 2 aromatic rings. The Kier molecular flexibility index (Phi) is 3.58. The summed E-state index contributed by atoms with van der Waals surface area (Å²) in [4.78, 5) is 3.99. The number of methoxy groups -OCH3 is 1. The lowest BCUT2D eigenvalue weighted by molar-refractivity contribution is 0.214. The van der Waals surface area contributed by atoms with Crippen LogP contribution in [0.15, 0.2) is 36.7 Å². The molecule has 1 unspecified atom stereocenters. The maximum atomic E-state index is 13.8. The van der Waals surface area contributed by atoms with Crippen LogP contribution in [0.2, 0.25) is 0 Å². The third-order valence-corrected chi connectivity index (χ3v) is 2.71. The van der Waals surface area contributed by atoms with Crippen LogP contribution in [0.1, 0.15) is 22.8 Å². The number of hydrogen-bond donors (Lipinski definition) is 1. The smallest absolute Gasteiger partial charge is 0.133 e. The number of nitrogens with zero attached hydrogens (tertiary/aromatic N) is 1. The zero-order valence-electron chi connectivity index (χ0n) is 10.2. The first-order valence-electron chi connectivity index (χ1n) is 5.55. The van der Waals surface area contributed by atoms with Crippen LogP contribution in [0, 0.1) is 12.7 Å². The predicted molar refractivity (Wildman–Crippen MR) is 66.0 cm³/mol. The molecule has 1 N–H and O–H groups in total. The van der Waals surface area contributed by atoms with Crippen molar-refractivity contribution in [3.63, 3.8) is 0 Å². The fourth-order valence-electron chi connectivity index (χ4n) is 1.76. The summed E-state index contributed by atoms with van der Waals surface area (Å²) in [6, 6.07) is 6.16. The Balaban J connectivity index is 2.37. The van der Waals surface area contributed by atoms with Gasteiger partial charge in [-0.3, -0.25) is 4.98 Å². The van der Waals surface area contributed by atoms with Crippen molar-refractivity contribution in [3.8, 4) is 5.75 Å². The van der Waals surface area contributed by atoms with Crippen molar-refractivity contribution < 1.29 is 14.2 Å². The molecule has 0 aliphatic heterocycles. The number of hydrogen-bond acceptors (Lipinski definition) is 3. The van der Waals surface area contributed by atoms with Crippen molar-refractivity contribution in [2.24, 2.45) is 0 Å². The largest absolute Gasteiger partial charge is 0.497 e. The molecule has 18 heavy (non-hydrogen) atoms. The first kappa shape index (κ1) is 12.5. The van der Waals surface area contributed by atoms with Gasteiger partial charge in [0.2, 0.25) is 0 Å². The number of aryl methyl sites for hydroxylation is 1. The van der Waals surface area contributed by atoms with E-state index >= 15 is 0 Å². The van der Waals surface area contributed by atoms with Gasteiger partial charge in [0.25, 0.3) is 0 Å². The minimum Gasteiger partial charge on any atom is -0.497 e. The van der Waals surface area contributed by atoms with E-state index < -0.39 is 11.9 Å². The topological polar surface area (TPSA) is 42.4 Å². The van der Waals surface area contributed by atoms with Gasteiger partial charge in [0, 0.05) is 29.6 Å². The van der Waals surface area contributed by atoms with E-state index in [2.05, 4.69) is 4.98 Å². The molecule has 0 saturated carbocycles. The zero-order valence-corrected chi connectivity index (χ0v) is 10.2. The second-order valence-corrected chi connectivity index (χ2v) is 4.09. The normalized spacial score (nSPS) is 12.2. The molecule has 0 spiro atoms. The van der Waals surface area contributed by atoms with Crippen LogP contribution in [0.4, 0.5) is 4.39 Å². The Morgan fingerprint density at radius 2 is 2.06 bits per heavy atom. The molecule has 0 amide bonds. The number of aliphatic hydroxyl groups excluding tert-OH is 1. The Morgan fingerprint density at radius 3 is 2.67 bits per heavy atom. The Morgan fingerprint density at radius 1 is 1.28 bits per heavy atom. The summed E-state index contributed by atoms with van der Waals surface area (Å²) >= 11 is 0. The quantitative estimate of drug-likeness (QED) is 0.906. The highest BCUT2D eigenvalue weighted by atomic mass is 19.1. The van der Waals surface area contributed by atoms with Crippen LogP contribution in [-0.4, -0.2) is 17.2 Å². The van der Waals surface area contributed by atoms with E-state index in [0.29, 0.717) is 11.3 Å². The zero-order chi connectivity index (χ0) is 13.1. The molecule has 0 fully saturated rings. The van der Waals surface area contributed by atoms with Crippen molar-refractivity contribution >= 4 is 0 Å². The lowest BCUT2D eigenvalue weighted by atomic mass is 10.0. The summed E-state index contributed by atoms with van der Waals surface area (Å²) < 4.78 is 18.7. The van der Waals surface area contributed by atoms with Crippen LogP contribution in [0.5, 0.6) is 5.75 Å². The molecule has 1 heterocycles. The second kappa shape index (κ2) is 5.14. The lowest BCUT2D eigenvalue weighted by Gasteiger charge is -2.13. The minimum absolute atomic E-state index is 0.211. The van der Waals surface area contributed by atoms with Crippen LogP contribution < -0.4 is 4.74 Å². The third kappa shape index (κ3) is 2.49. The number of rotatable bonds is 3. The van der Waals surface area contributed by atoms with Crippen LogP contribution in [-0.2, 0) is 0 Å². The van der Waals surface area contributed by atoms with E-state index in [9.17, 15) is 9.50 Å². The number of aromatic nitrogens is 1. The molecule has 4 heteroatoms. The maximum absolute atomic E-state index is 13.8. The molecule has 0 aliphatic carbocycles. The number of pyridine rings is 1. The van der Waals surface area contributed by atoms with Gasteiger partial charge in [-0.15, -0.1) is 0 Å². The first-order chi connectivity index (χ1) is 8.61. The molecule has 1 aromatic carbocycles. The summed E-state index contributed by atoms with van der Waals surface area (Å²) in [5.74, 6) is -0.0748. The molecular weight excluding hydrogens is 233 g/mol. The fourth-order valence-corrected chi connectivity index (χ4v) is 1.76. The molecule has 1 atom stereocenters. The highest BCUT2D eigenvalue weighted by molar-refractivity contribution is 5.35. The average molecular weight is 247 g/mol. The monoisotopic (exact) mass is 247 g/mol. The van der Waals surface area contributed by atoms with Crippen molar-refractivity contribution in [1.29, 1.82) is 0 Å². The van der Waals surface area contributed by atoms with Gasteiger partial charge in [0.1, 0.15) is 17.7 Å². The Bertz CT molecular complexity index is 557. The van der Waals surface area contributed by atoms with Gasteiger partial charge in [-0.05, 0) is 24.6 Å². The molecule has 94 valence electrons. The molecule has 0 saturated heterocycles. The van der Waals surface area contributed by atoms with E-state index in [1.54, 1.807) is 18.3 Å². The van der Waals surface area contributed by atoms with Gasteiger partial charge in [-0.2, -0.15) is 0 Å². The number of halogens is 1. The van der Waals surface area contributed by atoms with Gasteiger partial charge in [0.05, 0.1) is 7.11 Å². The van der Waals surface area contributed by atoms with E-state index in [4.69, 9.17) is 4.74 Å². The summed E-state index contributed by atoms with van der Waals surface area (Å²) in [6.45, 7) is 1.87. The number of aliphatic hydroxyl groups is 1. The van der Waals surface area contributed by atoms with Crippen LogP contribution >= 0.6 is 0 Å². The van der Waals surface area contributed by atoms with Crippen LogP contribution in [0.25, 0.3) is 0 Å². The van der Waals surface area contributed by atoms with Gasteiger partial charge in [-0.1, -0.05) is 6.07 Å². The number of ether oxygens (including phenoxy) is 1. The standard InChI is InChI=1S/C14H14FNO2/c1-9-5-10(8-16-7-9)14(17)12-4-3-11(18-2)6-13(12)15/h3-8,14,17H,1-2H3. The molecule has 1 aromatic heterocycles. The summed E-state index contributed by atoms with van der Waals surface area (Å²) in [5, 5.41) is 10.1. The summed E-state index contributed by atoms with van der Waals surface area (Å²) in [5.41, 5.74) is 1.70. The highest BCUT2D eigenvalue weighted by Gasteiger charge is 2.16. The van der Waals surface area contributed by atoms with Crippen molar-refractivity contribution in [3.05, 3.63) is 59.2 Å². The molecule has 0 bridgehead atoms. The molecule has 0 aliphatic rings. The van der Waals surface area contributed by atoms with E-state index in [1.807, 2.05) is 6.92 Å². The lowest BCUT2D eigenvalue weighted by Crippen LogP contribution is -2.03. The van der Waals surface area contributed by atoms with Gasteiger partial charge >= 0.3 is 0 Å². The minimum atomic E-state index is -1.02. The molecule has 0 radical (unpaired) electrons. The summed E-state index contributed by atoms with van der Waals surface area (Å²) in [7, 11) is 1.47. The van der Waals surface area contributed by atoms with Crippen molar-refractivity contribution in [2.45, 2.75) is 13.0 Å². The van der Waals surface area contributed by atoms with Crippen molar-refractivity contribution in [1.82, 2.24) is 4.98 Å². The summed E-state index contributed by atoms with van der Waals surface area (Å²) in [6.07, 6.45) is 2.19. The second-order valence-electron chi connectivity index (χ2n) is 4.09. The van der Waals surface area contributed by atoms with Gasteiger partial charge in [-0.25, -0.2) is 4.39 Å². The SMILES string of the molecule is COc1ccc(C(O)c2cncc(C)c2)c(F)c1.